The molecule has 0 fully saturated rings. The summed E-state index contributed by atoms with van der Waals surface area (Å²) in [6, 6.07) is 2.82. The van der Waals surface area contributed by atoms with Gasteiger partial charge >= 0.3 is 18.1 Å². The van der Waals surface area contributed by atoms with E-state index in [1.54, 1.807) is 19.9 Å². The van der Waals surface area contributed by atoms with Crippen LogP contribution in [0.25, 0.3) is 0 Å². The van der Waals surface area contributed by atoms with Crippen LogP contribution < -0.4 is 0 Å². The van der Waals surface area contributed by atoms with Gasteiger partial charge < -0.3 is 14.6 Å². The van der Waals surface area contributed by atoms with Crippen LogP contribution in [0, 0.1) is 5.92 Å². The molecule has 1 N–H and O–H groups in total. The summed E-state index contributed by atoms with van der Waals surface area (Å²) in [5.74, 6) is -6.49. The summed E-state index contributed by atoms with van der Waals surface area (Å²) in [7, 11) is 0. The van der Waals surface area contributed by atoms with Crippen LogP contribution in [0.2, 0.25) is 0 Å². The quantitative estimate of drug-likeness (QED) is 0.379. The van der Waals surface area contributed by atoms with Gasteiger partial charge in [0.2, 0.25) is 11.6 Å². The molecule has 2 rings (SSSR count). The minimum absolute atomic E-state index is 0.0220. The molecule has 0 unspecified atom stereocenters. The number of alkyl halides is 3. The van der Waals surface area contributed by atoms with Crippen molar-refractivity contribution >= 4 is 29.3 Å². The second-order valence-electron chi connectivity index (χ2n) is 8.54. The number of fused-ring (bicyclic) bond motifs is 1. The lowest BCUT2D eigenvalue weighted by Crippen LogP contribution is -2.27. The summed E-state index contributed by atoms with van der Waals surface area (Å²) >= 11 is 0. The number of aryl methyl sites for hydroxylation is 2. The van der Waals surface area contributed by atoms with E-state index in [1.807, 2.05) is 0 Å². The van der Waals surface area contributed by atoms with Gasteiger partial charge in [0.25, 0.3) is 5.78 Å². The number of Topliss-reactive ketones (excluding diaryl/α,β-unsaturated/α-hetero) is 3. The minimum atomic E-state index is -5.09. The van der Waals surface area contributed by atoms with Crippen molar-refractivity contribution in [3.8, 4) is 5.75 Å². The third-order valence-corrected chi connectivity index (χ3v) is 5.81. The van der Waals surface area contributed by atoms with Crippen LogP contribution in [0.1, 0.15) is 67.4 Å². The number of esters is 2. The molecule has 1 heterocycles. The van der Waals surface area contributed by atoms with Crippen LogP contribution >= 0.6 is 0 Å². The molecule has 8 nitrogen and oxygen atoms in total. The van der Waals surface area contributed by atoms with Gasteiger partial charge in [0, 0.05) is 12.8 Å². The monoisotopic (exact) mass is 500 g/mol. The number of ether oxygens (including phenoxy) is 2. The lowest BCUT2D eigenvalue weighted by molar-refractivity contribution is -0.199. The third-order valence-electron chi connectivity index (χ3n) is 5.81. The maximum absolute atomic E-state index is 12.8. The fraction of sp³-hybridized carbons (Fsp3) is 0.542. The normalized spacial score (nSPS) is 20.6. The Morgan fingerprint density at radius 2 is 1.74 bits per heavy atom. The van der Waals surface area contributed by atoms with E-state index in [0.717, 1.165) is 0 Å². The molecule has 0 aliphatic carbocycles. The maximum Gasteiger partial charge on any atom is 0.490 e. The van der Waals surface area contributed by atoms with E-state index in [1.165, 1.54) is 6.07 Å². The molecule has 1 aliphatic heterocycles. The van der Waals surface area contributed by atoms with Gasteiger partial charge in [-0.25, -0.2) is 9.59 Å². The number of phenols is 1. The highest BCUT2D eigenvalue weighted by Crippen LogP contribution is 2.29. The van der Waals surface area contributed by atoms with Crippen molar-refractivity contribution in [1.82, 2.24) is 0 Å². The first kappa shape index (κ1) is 28.0. The number of aromatic hydroxyl groups is 1. The number of ketones is 3. The van der Waals surface area contributed by atoms with Crippen LogP contribution in [0.5, 0.6) is 5.75 Å². The molecule has 0 saturated heterocycles. The Hall–Kier alpha value is -3.24. The standard InChI is InChI=1S/C24H27F3O8/c1-13-8-9-18(29)21(31)17(28)7-3-6-16-11-15(5-4-10-34-23(33)24(25,26)27)12-19(30)20(16)22(32)35-14(13)2/h11-14,30H,3-10H2,1-2H3/t13-,14+/m1/s1. The van der Waals surface area contributed by atoms with Crippen LogP contribution in [0.15, 0.2) is 12.1 Å². The molecule has 0 bridgehead atoms. The number of carbonyl (C=O) groups is 5. The van der Waals surface area contributed by atoms with E-state index < -0.39 is 53.9 Å². The van der Waals surface area contributed by atoms with Crippen molar-refractivity contribution in [3.05, 3.63) is 28.8 Å². The van der Waals surface area contributed by atoms with Crippen molar-refractivity contribution in [2.75, 3.05) is 6.61 Å². The second kappa shape index (κ2) is 11.9. The summed E-state index contributed by atoms with van der Waals surface area (Å²) in [6.45, 7) is 2.83. The van der Waals surface area contributed by atoms with Gasteiger partial charge in [-0.15, -0.1) is 0 Å². The van der Waals surface area contributed by atoms with Gasteiger partial charge in [-0.05, 0) is 62.1 Å². The molecule has 1 aromatic rings. The maximum atomic E-state index is 12.8. The predicted octanol–water partition coefficient (Wildman–Crippen LogP) is 3.44. The van der Waals surface area contributed by atoms with Gasteiger partial charge in [-0.1, -0.05) is 13.0 Å². The third kappa shape index (κ3) is 7.90. The van der Waals surface area contributed by atoms with E-state index in [0.29, 0.717) is 11.1 Å². The van der Waals surface area contributed by atoms with Gasteiger partial charge in [0.05, 0.1) is 6.61 Å². The lowest BCUT2D eigenvalue weighted by Gasteiger charge is -2.22. The molecule has 2 atom stereocenters. The van der Waals surface area contributed by atoms with Crippen molar-refractivity contribution < 1.29 is 51.7 Å². The molecule has 1 aromatic carbocycles. The topological polar surface area (TPSA) is 124 Å². The number of halogens is 3. The number of rotatable bonds is 4. The SMILES string of the molecule is C[C@@H]1CCC(=O)C(=O)C(=O)CCCc2cc(CCCOC(=O)C(F)(F)F)cc(O)c2C(=O)O[C@H]1C. The van der Waals surface area contributed by atoms with Crippen LogP contribution in [0.4, 0.5) is 13.2 Å². The van der Waals surface area contributed by atoms with Gasteiger partial charge in [0.15, 0.2) is 0 Å². The predicted molar refractivity (Wildman–Crippen MR) is 115 cm³/mol. The highest BCUT2D eigenvalue weighted by atomic mass is 19.4. The molecule has 0 amide bonds. The fourth-order valence-electron chi connectivity index (χ4n) is 3.61. The number of carbonyl (C=O) groups excluding carboxylic acids is 5. The van der Waals surface area contributed by atoms with Crippen molar-refractivity contribution in [3.63, 3.8) is 0 Å². The first-order valence-corrected chi connectivity index (χ1v) is 11.2. The number of phenolic OH excluding ortho intramolecular Hbond substituents is 1. The summed E-state index contributed by atoms with van der Waals surface area (Å²) in [6.07, 6.45) is -5.55. The second-order valence-corrected chi connectivity index (χ2v) is 8.54. The smallest absolute Gasteiger partial charge is 0.490 e. The Balaban J connectivity index is 2.24. The molecule has 192 valence electrons. The number of cyclic esters (lactones) is 1. The van der Waals surface area contributed by atoms with Gasteiger partial charge in [0.1, 0.15) is 17.4 Å². The number of hydrogen-bond acceptors (Lipinski definition) is 8. The first-order chi connectivity index (χ1) is 16.3. The largest absolute Gasteiger partial charge is 0.507 e. The zero-order valence-corrected chi connectivity index (χ0v) is 19.4. The molecule has 35 heavy (non-hydrogen) atoms. The summed E-state index contributed by atoms with van der Waals surface area (Å²) in [5.41, 5.74) is 0.668. The van der Waals surface area contributed by atoms with E-state index in [-0.39, 0.29) is 56.4 Å². The summed E-state index contributed by atoms with van der Waals surface area (Å²) < 4.78 is 46.3. The minimum Gasteiger partial charge on any atom is -0.507 e. The summed E-state index contributed by atoms with van der Waals surface area (Å²) in [4.78, 5) is 59.8. The Morgan fingerprint density at radius 1 is 1.09 bits per heavy atom. The van der Waals surface area contributed by atoms with E-state index >= 15 is 0 Å². The van der Waals surface area contributed by atoms with E-state index in [2.05, 4.69) is 4.74 Å². The van der Waals surface area contributed by atoms with Crippen molar-refractivity contribution in [2.24, 2.45) is 5.92 Å². The highest BCUT2D eigenvalue weighted by Gasteiger charge is 2.40. The lowest BCUT2D eigenvalue weighted by atomic mass is 9.93. The molecular weight excluding hydrogens is 473 g/mol. The molecule has 0 spiro atoms. The molecular formula is C24H27F3O8. The Morgan fingerprint density at radius 3 is 2.40 bits per heavy atom. The highest BCUT2D eigenvalue weighted by molar-refractivity contribution is 6.63. The Kier molecular flexibility index (Phi) is 9.55. The fourth-order valence-corrected chi connectivity index (χ4v) is 3.61. The van der Waals surface area contributed by atoms with E-state index in [9.17, 15) is 42.3 Å². The Labute approximate surface area is 199 Å². The van der Waals surface area contributed by atoms with Crippen LogP contribution in [-0.4, -0.2) is 53.3 Å². The first-order valence-electron chi connectivity index (χ1n) is 11.2. The molecule has 0 saturated carbocycles. The van der Waals surface area contributed by atoms with Gasteiger partial charge in [-0.2, -0.15) is 13.2 Å². The molecule has 1 aliphatic rings. The number of hydrogen-bond donors (Lipinski definition) is 1. The molecule has 0 aromatic heterocycles. The van der Waals surface area contributed by atoms with Crippen LogP contribution in [-0.2, 0) is 41.5 Å². The summed E-state index contributed by atoms with van der Waals surface area (Å²) in [5, 5.41) is 10.5. The average Bonchev–Trinajstić information content (AvgIpc) is 2.77. The molecule has 0 radical (unpaired) electrons. The van der Waals surface area contributed by atoms with Gasteiger partial charge in [-0.3, -0.25) is 14.4 Å². The zero-order valence-electron chi connectivity index (χ0n) is 19.4. The molecule has 11 heteroatoms. The van der Waals surface area contributed by atoms with E-state index in [4.69, 9.17) is 4.74 Å². The zero-order chi connectivity index (χ0) is 26.3. The van der Waals surface area contributed by atoms with Crippen LogP contribution in [0.3, 0.4) is 0 Å². The Bertz CT molecular complexity index is 999. The van der Waals surface area contributed by atoms with Crippen molar-refractivity contribution in [2.45, 2.75) is 71.1 Å². The average molecular weight is 500 g/mol. The number of benzene rings is 1. The van der Waals surface area contributed by atoms with Crippen molar-refractivity contribution in [1.29, 1.82) is 0 Å².